The molecule has 0 aliphatic carbocycles. The summed E-state index contributed by atoms with van der Waals surface area (Å²) in [4.78, 5) is 18.0. The molecule has 2 N–H and O–H groups in total. The summed E-state index contributed by atoms with van der Waals surface area (Å²) in [5, 5.41) is 2.51. The van der Waals surface area contributed by atoms with Crippen LogP contribution in [0, 0.1) is 13.8 Å². The Bertz CT molecular complexity index is 640. The molecule has 0 saturated carbocycles. The second-order valence-electron chi connectivity index (χ2n) is 5.23. The first-order valence-electron chi connectivity index (χ1n) is 7.10. The number of nitrogens with two attached hydrogens (primary N) is 1. The molecule has 1 aromatic carbocycles. The molecule has 2 rings (SSSR count). The standard InChI is InChI=1S/C16H21N3O2S.ClH/c1-11-6-12(2)8-13(7-11)21-5-4-19(3)16(20)14-10-22-15(9-17)18-14;/h6-8,10H,4-5,9,17H2,1-3H3;1H. The Kier molecular flexibility index (Phi) is 7.48. The fourth-order valence-corrected chi connectivity index (χ4v) is 2.77. The molecule has 0 unspecified atom stereocenters. The highest BCUT2D eigenvalue weighted by molar-refractivity contribution is 7.09. The number of ether oxygens (including phenoxy) is 1. The summed E-state index contributed by atoms with van der Waals surface area (Å²) in [5.74, 6) is 0.720. The van der Waals surface area contributed by atoms with Crippen LogP contribution in [0.5, 0.6) is 5.75 Å². The fourth-order valence-electron chi connectivity index (χ4n) is 2.12. The number of aryl methyl sites for hydroxylation is 2. The van der Waals surface area contributed by atoms with Crippen LogP contribution in [-0.4, -0.2) is 36.0 Å². The van der Waals surface area contributed by atoms with Crippen LogP contribution in [0.25, 0.3) is 0 Å². The first-order chi connectivity index (χ1) is 10.5. The van der Waals surface area contributed by atoms with Crippen LogP contribution in [0.15, 0.2) is 23.6 Å². The molecule has 2 aromatic rings. The number of halogens is 1. The second kappa shape index (κ2) is 8.86. The predicted octanol–water partition coefficient (Wildman–Crippen LogP) is 2.79. The van der Waals surface area contributed by atoms with E-state index in [1.807, 2.05) is 26.0 Å². The quantitative estimate of drug-likeness (QED) is 0.865. The first-order valence-corrected chi connectivity index (χ1v) is 7.98. The lowest BCUT2D eigenvalue weighted by atomic mass is 10.1. The molecule has 0 fully saturated rings. The minimum absolute atomic E-state index is 0. The van der Waals surface area contributed by atoms with Gasteiger partial charge in [0.05, 0.1) is 6.54 Å². The summed E-state index contributed by atoms with van der Waals surface area (Å²) in [7, 11) is 1.74. The van der Waals surface area contributed by atoms with E-state index in [2.05, 4.69) is 11.1 Å². The van der Waals surface area contributed by atoms with E-state index in [4.69, 9.17) is 10.5 Å². The van der Waals surface area contributed by atoms with Gasteiger partial charge in [-0.15, -0.1) is 23.7 Å². The highest BCUT2D eigenvalue weighted by Crippen LogP contribution is 2.16. The number of aromatic nitrogens is 1. The van der Waals surface area contributed by atoms with E-state index in [-0.39, 0.29) is 18.3 Å². The molecule has 23 heavy (non-hydrogen) atoms. The van der Waals surface area contributed by atoms with Crippen molar-refractivity contribution in [2.24, 2.45) is 5.73 Å². The molecule has 0 radical (unpaired) electrons. The summed E-state index contributed by atoms with van der Waals surface area (Å²) in [6.07, 6.45) is 0. The molecule has 126 valence electrons. The number of likely N-dealkylation sites (N-methyl/N-ethyl adjacent to an activating group) is 1. The van der Waals surface area contributed by atoms with Crippen LogP contribution < -0.4 is 10.5 Å². The molecule has 0 atom stereocenters. The summed E-state index contributed by atoms with van der Waals surface area (Å²) in [6, 6.07) is 6.07. The van der Waals surface area contributed by atoms with Crippen LogP contribution in [0.2, 0.25) is 0 Å². The average molecular weight is 356 g/mol. The Morgan fingerprint density at radius 1 is 1.30 bits per heavy atom. The average Bonchev–Trinajstić information content (AvgIpc) is 2.94. The Morgan fingerprint density at radius 3 is 2.52 bits per heavy atom. The number of nitrogens with zero attached hydrogens (tertiary/aromatic N) is 2. The lowest BCUT2D eigenvalue weighted by Gasteiger charge is -2.16. The van der Waals surface area contributed by atoms with Gasteiger partial charge in [-0.1, -0.05) is 6.07 Å². The third-order valence-corrected chi connectivity index (χ3v) is 4.05. The molecule has 1 amide bonds. The second-order valence-corrected chi connectivity index (χ2v) is 6.17. The molecule has 1 aromatic heterocycles. The maximum Gasteiger partial charge on any atom is 0.273 e. The van der Waals surface area contributed by atoms with Gasteiger partial charge in [-0.05, 0) is 37.1 Å². The van der Waals surface area contributed by atoms with Crippen LogP contribution in [0.4, 0.5) is 0 Å². The maximum atomic E-state index is 12.2. The van der Waals surface area contributed by atoms with Crippen molar-refractivity contribution in [3.8, 4) is 5.75 Å². The number of hydrogen-bond acceptors (Lipinski definition) is 5. The molecule has 5 nitrogen and oxygen atoms in total. The molecular formula is C16H22ClN3O2S. The van der Waals surface area contributed by atoms with Crippen molar-refractivity contribution in [3.63, 3.8) is 0 Å². The summed E-state index contributed by atoms with van der Waals surface area (Å²) in [5.41, 5.74) is 8.28. The van der Waals surface area contributed by atoms with Crippen molar-refractivity contribution in [2.45, 2.75) is 20.4 Å². The zero-order valence-electron chi connectivity index (χ0n) is 13.5. The predicted molar refractivity (Wildman–Crippen MR) is 95.6 cm³/mol. The number of rotatable bonds is 6. The van der Waals surface area contributed by atoms with Gasteiger partial charge in [0.25, 0.3) is 5.91 Å². The molecule has 0 aliphatic heterocycles. The molecule has 0 spiro atoms. The minimum Gasteiger partial charge on any atom is -0.492 e. The lowest BCUT2D eigenvalue weighted by Crippen LogP contribution is -2.31. The van der Waals surface area contributed by atoms with Gasteiger partial charge >= 0.3 is 0 Å². The van der Waals surface area contributed by atoms with E-state index >= 15 is 0 Å². The van der Waals surface area contributed by atoms with Gasteiger partial charge < -0.3 is 15.4 Å². The van der Waals surface area contributed by atoms with E-state index in [1.54, 1.807) is 17.3 Å². The number of carbonyl (C=O) groups is 1. The molecule has 0 bridgehead atoms. The molecular weight excluding hydrogens is 334 g/mol. The third kappa shape index (κ3) is 5.49. The first kappa shape index (κ1) is 19.4. The smallest absolute Gasteiger partial charge is 0.273 e. The van der Waals surface area contributed by atoms with Crippen molar-refractivity contribution in [1.82, 2.24) is 9.88 Å². The van der Waals surface area contributed by atoms with Gasteiger partial charge in [0.1, 0.15) is 23.1 Å². The monoisotopic (exact) mass is 355 g/mol. The van der Waals surface area contributed by atoms with Gasteiger partial charge in [-0.2, -0.15) is 0 Å². The molecule has 7 heteroatoms. The molecule has 0 saturated heterocycles. The van der Waals surface area contributed by atoms with Crippen LogP contribution in [-0.2, 0) is 6.54 Å². The van der Waals surface area contributed by atoms with Crippen LogP contribution in [0.1, 0.15) is 26.6 Å². The van der Waals surface area contributed by atoms with Crippen LogP contribution >= 0.6 is 23.7 Å². The maximum absolute atomic E-state index is 12.2. The van der Waals surface area contributed by atoms with E-state index in [0.717, 1.165) is 21.9 Å². The zero-order chi connectivity index (χ0) is 16.1. The SMILES string of the molecule is Cc1cc(C)cc(OCCN(C)C(=O)c2csc(CN)n2)c1.Cl. The third-order valence-electron chi connectivity index (χ3n) is 3.18. The van der Waals surface area contributed by atoms with Gasteiger partial charge in [0.2, 0.25) is 0 Å². The lowest BCUT2D eigenvalue weighted by molar-refractivity contribution is 0.0768. The number of hydrogen-bond donors (Lipinski definition) is 1. The Labute approximate surface area is 146 Å². The molecule has 1 heterocycles. The highest BCUT2D eigenvalue weighted by atomic mass is 35.5. The number of carbonyl (C=O) groups excluding carboxylic acids is 1. The Balaban J connectivity index is 0.00000264. The number of thiazole rings is 1. The van der Waals surface area contributed by atoms with Crippen molar-refractivity contribution in [1.29, 1.82) is 0 Å². The summed E-state index contributed by atoms with van der Waals surface area (Å²) < 4.78 is 5.72. The number of amides is 1. The van der Waals surface area contributed by atoms with E-state index in [0.29, 0.717) is 25.4 Å². The normalized spacial score (nSPS) is 10.1. The highest BCUT2D eigenvalue weighted by Gasteiger charge is 2.15. The fraction of sp³-hybridized carbons (Fsp3) is 0.375. The summed E-state index contributed by atoms with van der Waals surface area (Å²) >= 11 is 1.40. The van der Waals surface area contributed by atoms with Crippen molar-refractivity contribution in [2.75, 3.05) is 20.2 Å². The van der Waals surface area contributed by atoms with Gasteiger partial charge in [-0.3, -0.25) is 4.79 Å². The van der Waals surface area contributed by atoms with Crippen molar-refractivity contribution >= 4 is 29.7 Å². The van der Waals surface area contributed by atoms with E-state index < -0.39 is 0 Å². The summed E-state index contributed by atoms with van der Waals surface area (Å²) in [6.45, 7) is 5.37. The minimum atomic E-state index is -0.111. The number of benzene rings is 1. The Hall–Kier alpha value is -1.63. The van der Waals surface area contributed by atoms with Crippen molar-refractivity contribution < 1.29 is 9.53 Å². The van der Waals surface area contributed by atoms with Gasteiger partial charge in [-0.25, -0.2) is 4.98 Å². The van der Waals surface area contributed by atoms with Crippen molar-refractivity contribution in [3.05, 3.63) is 45.4 Å². The van der Waals surface area contributed by atoms with E-state index in [1.165, 1.54) is 11.3 Å². The van der Waals surface area contributed by atoms with E-state index in [9.17, 15) is 4.79 Å². The zero-order valence-corrected chi connectivity index (χ0v) is 15.2. The largest absolute Gasteiger partial charge is 0.492 e. The van der Waals surface area contributed by atoms with Crippen LogP contribution in [0.3, 0.4) is 0 Å². The van der Waals surface area contributed by atoms with Gasteiger partial charge in [0, 0.05) is 19.0 Å². The molecule has 0 aliphatic rings. The van der Waals surface area contributed by atoms with Gasteiger partial charge in [0.15, 0.2) is 0 Å². The Morgan fingerprint density at radius 2 is 1.96 bits per heavy atom. The topological polar surface area (TPSA) is 68.5 Å².